The monoisotopic (exact) mass is 515 g/mol. The summed E-state index contributed by atoms with van der Waals surface area (Å²) in [6.07, 6.45) is 5.25. The third-order valence-electron chi connectivity index (χ3n) is 7.32. The van der Waals surface area contributed by atoms with Crippen molar-refractivity contribution in [3.8, 4) is 6.01 Å². The van der Waals surface area contributed by atoms with Gasteiger partial charge in [0.2, 0.25) is 5.91 Å². The Morgan fingerprint density at radius 3 is 2.71 bits per heavy atom. The lowest BCUT2D eigenvalue weighted by Gasteiger charge is -2.35. The topological polar surface area (TPSA) is 104 Å². The maximum absolute atomic E-state index is 13.5. The van der Waals surface area contributed by atoms with Gasteiger partial charge in [-0.1, -0.05) is 12.6 Å². The number of carbonyl (C=O) groups excluding carboxylic acids is 2. The van der Waals surface area contributed by atoms with Gasteiger partial charge in [-0.25, -0.2) is 0 Å². The number of likely N-dealkylation sites (N-methyl/N-ethyl adjacent to an activating group) is 1. The lowest BCUT2D eigenvalue weighted by atomic mass is 10.1. The number of amides is 2. The summed E-state index contributed by atoms with van der Waals surface area (Å²) in [6.45, 7) is 9.27. The lowest BCUT2D eigenvalue weighted by Crippen LogP contribution is -2.48. The van der Waals surface area contributed by atoms with Crippen molar-refractivity contribution in [3.63, 3.8) is 0 Å². The minimum Gasteiger partial charge on any atom is -0.462 e. The molecule has 0 spiro atoms. The van der Waals surface area contributed by atoms with Crippen molar-refractivity contribution in [2.24, 2.45) is 0 Å². The average Bonchev–Trinajstić information content (AvgIpc) is 3.37. The van der Waals surface area contributed by atoms with Gasteiger partial charge in [-0.15, -0.1) is 0 Å². The fraction of sp³-hybridized carbons (Fsp3) is 0.393. The van der Waals surface area contributed by atoms with Gasteiger partial charge in [0, 0.05) is 49.9 Å². The van der Waals surface area contributed by atoms with E-state index >= 15 is 0 Å². The van der Waals surface area contributed by atoms with E-state index in [2.05, 4.69) is 38.8 Å². The molecule has 4 heterocycles. The molecule has 38 heavy (non-hydrogen) atoms. The number of pyridine rings is 1. The zero-order valence-corrected chi connectivity index (χ0v) is 21.9. The highest BCUT2D eigenvalue weighted by Gasteiger charge is 2.25. The maximum Gasteiger partial charge on any atom is 0.319 e. The molecule has 2 fully saturated rings. The Balaban J connectivity index is 1.41. The van der Waals surface area contributed by atoms with Gasteiger partial charge in [-0.3, -0.25) is 14.6 Å². The predicted molar refractivity (Wildman–Crippen MR) is 147 cm³/mol. The van der Waals surface area contributed by atoms with E-state index in [1.165, 1.54) is 6.08 Å². The molecule has 5 rings (SSSR count). The van der Waals surface area contributed by atoms with Crippen LogP contribution in [-0.4, -0.2) is 89.0 Å². The molecule has 2 aliphatic heterocycles. The third kappa shape index (κ3) is 5.45. The van der Waals surface area contributed by atoms with Crippen molar-refractivity contribution < 1.29 is 14.3 Å². The second-order valence-electron chi connectivity index (χ2n) is 9.78. The molecule has 198 valence electrons. The highest BCUT2D eigenvalue weighted by Crippen LogP contribution is 2.27. The normalized spacial score (nSPS) is 18.0. The van der Waals surface area contributed by atoms with Gasteiger partial charge >= 0.3 is 6.01 Å². The molecule has 2 amide bonds. The van der Waals surface area contributed by atoms with Crippen LogP contribution in [0.4, 0.5) is 11.5 Å². The standard InChI is InChI=1S/C28H33N7O3/c1-4-25(36)35-15-13-34(14-16-35)24-17-23(30-28(31-24)38-18-20-7-6-12-33(20)3)27(37)32-26-19(2)9-10-22-21(26)8-5-11-29-22/h4-5,8-11,17,20H,1,6-7,12-16,18H2,2-3H3,(H,32,37)/t20-/m0/s1. The summed E-state index contributed by atoms with van der Waals surface area (Å²) in [6, 6.07) is 9.82. The number of anilines is 2. The molecule has 10 heteroatoms. The number of nitrogens with one attached hydrogen (secondary N) is 1. The number of likely N-dealkylation sites (tertiary alicyclic amines) is 1. The fourth-order valence-corrected chi connectivity index (χ4v) is 5.01. The summed E-state index contributed by atoms with van der Waals surface area (Å²) >= 11 is 0. The number of rotatable bonds is 7. The molecule has 0 saturated carbocycles. The molecule has 2 aliphatic rings. The van der Waals surface area contributed by atoms with Gasteiger partial charge in [-0.05, 0) is 63.2 Å². The van der Waals surface area contributed by atoms with Crippen LogP contribution in [0, 0.1) is 6.92 Å². The van der Waals surface area contributed by atoms with Gasteiger partial charge in [0.1, 0.15) is 18.1 Å². The minimum atomic E-state index is -0.351. The summed E-state index contributed by atoms with van der Waals surface area (Å²) in [4.78, 5) is 45.2. The SMILES string of the molecule is C=CC(=O)N1CCN(c2cc(C(=O)Nc3c(C)ccc4ncccc34)nc(OC[C@@H]3CCCN3C)n2)CC1. The summed E-state index contributed by atoms with van der Waals surface area (Å²) in [7, 11) is 2.09. The predicted octanol–water partition coefficient (Wildman–Crippen LogP) is 2.89. The van der Waals surface area contributed by atoms with Crippen LogP contribution in [0.25, 0.3) is 10.9 Å². The van der Waals surface area contributed by atoms with Gasteiger partial charge in [0.25, 0.3) is 5.91 Å². The average molecular weight is 516 g/mol. The number of hydrogen-bond donors (Lipinski definition) is 1. The Bertz CT molecular complexity index is 1350. The number of hydrogen-bond acceptors (Lipinski definition) is 8. The van der Waals surface area contributed by atoms with E-state index in [9.17, 15) is 9.59 Å². The molecule has 0 bridgehead atoms. The maximum atomic E-state index is 13.5. The van der Waals surface area contributed by atoms with Crippen LogP contribution in [0.1, 0.15) is 28.9 Å². The minimum absolute atomic E-state index is 0.0861. The van der Waals surface area contributed by atoms with Crippen LogP contribution >= 0.6 is 0 Å². The van der Waals surface area contributed by atoms with Crippen LogP contribution in [0.15, 0.2) is 49.2 Å². The number of carbonyl (C=O) groups is 2. The van der Waals surface area contributed by atoms with Crippen LogP contribution in [-0.2, 0) is 4.79 Å². The first-order valence-corrected chi connectivity index (χ1v) is 13.0. The number of aryl methyl sites for hydroxylation is 1. The molecular formula is C28H33N7O3. The summed E-state index contributed by atoms with van der Waals surface area (Å²) in [5, 5.41) is 3.91. The molecule has 1 aromatic carbocycles. The van der Waals surface area contributed by atoms with E-state index in [0.29, 0.717) is 50.3 Å². The number of piperazine rings is 1. The number of nitrogens with zero attached hydrogens (tertiary/aromatic N) is 6. The molecule has 2 saturated heterocycles. The van der Waals surface area contributed by atoms with Crippen molar-refractivity contribution in [3.05, 3.63) is 60.4 Å². The van der Waals surface area contributed by atoms with E-state index in [-0.39, 0.29) is 23.5 Å². The molecular weight excluding hydrogens is 482 g/mol. The van der Waals surface area contributed by atoms with Gasteiger partial charge < -0.3 is 24.8 Å². The van der Waals surface area contributed by atoms with Crippen LogP contribution in [0.3, 0.4) is 0 Å². The largest absolute Gasteiger partial charge is 0.462 e. The van der Waals surface area contributed by atoms with Crippen LogP contribution in [0.5, 0.6) is 6.01 Å². The Labute approximate surface area is 222 Å². The first kappa shape index (κ1) is 25.6. The first-order chi connectivity index (χ1) is 18.4. The number of fused-ring (bicyclic) bond motifs is 1. The molecule has 0 unspecified atom stereocenters. The number of ether oxygens (including phenoxy) is 1. The van der Waals surface area contributed by atoms with Crippen molar-refractivity contribution >= 4 is 34.2 Å². The lowest BCUT2D eigenvalue weighted by molar-refractivity contribution is -0.126. The molecule has 3 aromatic rings. The van der Waals surface area contributed by atoms with Crippen molar-refractivity contribution in [1.29, 1.82) is 0 Å². The Hall–Kier alpha value is -4.05. The van der Waals surface area contributed by atoms with E-state index in [1.54, 1.807) is 17.2 Å². The highest BCUT2D eigenvalue weighted by molar-refractivity contribution is 6.08. The highest BCUT2D eigenvalue weighted by atomic mass is 16.5. The number of benzene rings is 1. The second-order valence-corrected chi connectivity index (χ2v) is 9.78. The van der Waals surface area contributed by atoms with Crippen LogP contribution in [0.2, 0.25) is 0 Å². The van der Waals surface area contributed by atoms with E-state index < -0.39 is 0 Å². The second kappa shape index (κ2) is 11.1. The van der Waals surface area contributed by atoms with Crippen molar-refractivity contribution in [1.82, 2.24) is 24.8 Å². The quantitative estimate of drug-likeness (QED) is 0.479. The van der Waals surface area contributed by atoms with E-state index in [4.69, 9.17) is 4.74 Å². The molecule has 1 atom stereocenters. The molecule has 0 radical (unpaired) electrons. The van der Waals surface area contributed by atoms with Gasteiger partial charge in [-0.2, -0.15) is 9.97 Å². The summed E-state index contributed by atoms with van der Waals surface area (Å²) in [5.41, 5.74) is 2.65. The smallest absolute Gasteiger partial charge is 0.319 e. The van der Waals surface area contributed by atoms with Gasteiger partial charge in [0.15, 0.2) is 0 Å². The Kier molecular flexibility index (Phi) is 7.50. The van der Waals surface area contributed by atoms with E-state index in [1.807, 2.05) is 36.1 Å². The third-order valence-corrected chi connectivity index (χ3v) is 7.32. The van der Waals surface area contributed by atoms with Crippen LogP contribution < -0.4 is 15.0 Å². The number of aromatic nitrogens is 3. The Morgan fingerprint density at radius 1 is 1.16 bits per heavy atom. The van der Waals surface area contributed by atoms with E-state index in [0.717, 1.165) is 35.9 Å². The molecule has 10 nitrogen and oxygen atoms in total. The Morgan fingerprint density at radius 2 is 1.97 bits per heavy atom. The zero-order valence-electron chi connectivity index (χ0n) is 21.9. The summed E-state index contributed by atoms with van der Waals surface area (Å²) < 4.78 is 6.05. The van der Waals surface area contributed by atoms with Crippen molar-refractivity contribution in [2.75, 3.05) is 56.6 Å². The summed E-state index contributed by atoms with van der Waals surface area (Å²) in [5.74, 6) is 0.162. The first-order valence-electron chi connectivity index (χ1n) is 13.0. The zero-order chi connectivity index (χ0) is 26.6. The molecule has 0 aliphatic carbocycles. The van der Waals surface area contributed by atoms with Crippen molar-refractivity contribution in [2.45, 2.75) is 25.8 Å². The fourth-order valence-electron chi connectivity index (χ4n) is 5.01. The van der Waals surface area contributed by atoms with Gasteiger partial charge in [0.05, 0.1) is 11.2 Å². The molecule has 2 aromatic heterocycles. The molecule has 1 N–H and O–H groups in total.